The van der Waals surface area contributed by atoms with E-state index in [0.717, 1.165) is 0 Å². The van der Waals surface area contributed by atoms with E-state index in [2.05, 4.69) is 255 Å². The number of thiocarbonyl (C=S) groups is 1. The van der Waals surface area contributed by atoms with Crippen LogP contribution < -0.4 is 42.4 Å². The maximum absolute atomic E-state index is 7.13. The Morgan fingerprint density at radius 3 is 0.467 bits per heavy atom. The van der Waals surface area contributed by atoms with Crippen LogP contribution >= 0.6 is 43.9 Å². The molecule has 60 heavy (non-hydrogen) atoms. The first-order chi connectivity index (χ1) is 29.2. The molecule has 8 rings (SSSR count). The zero-order valence-corrected chi connectivity index (χ0v) is 39.9. The predicted molar refractivity (Wildman–Crippen MR) is 272 cm³/mol. The summed E-state index contributed by atoms with van der Waals surface area (Å²) in [5.74, 6) is 0. The Hall–Kier alpha value is -3.98. The molecular formula is C53H48AuNP4S. The fraction of sp³-hybridized carbons (Fsp3) is 0.0755. The fourth-order valence-electron chi connectivity index (χ4n) is 6.89. The monoisotopic (exact) mass is 1050 g/mol. The third-order valence-electron chi connectivity index (χ3n) is 9.64. The van der Waals surface area contributed by atoms with Crippen LogP contribution in [0.15, 0.2) is 243 Å². The third-order valence-corrected chi connectivity index (χ3v) is 20.4. The molecule has 0 saturated carbocycles. The smallest absolute Gasteiger partial charge is 0.753 e. The maximum Gasteiger partial charge on any atom is 1.00 e. The van der Waals surface area contributed by atoms with Gasteiger partial charge in [-0.05, 0) is 98.8 Å². The van der Waals surface area contributed by atoms with Crippen LogP contribution in [0.4, 0.5) is 0 Å². The summed E-state index contributed by atoms with van der Waals surface area (Å²) in [5.41, 5.74) is 0. The van der Waals surface area contributed by atoms with Gasteiger partial charge >= 0.3 is 22.4 Å². The molecule has 8 aromatic rings. The summed E-state index contributed by atoms with van der Waals surface area (Å²) in [6.45, 7) is 0. The van der Waals surface area contributed by atoms with Gasteiger partial charge in [-0.15, -0.1) is 0 Å². The molecule has 0 radical (unpaired) electrons. The number of nitrogens with zero attached hydrogens (tertiary/aromatic N) is 1. The molecule has 0 spiro atoms. The molecule has 302 valence electrons. The first-order valence-electron chi connectivity index (χ1n) is 19.8. The van der Waals surface area contributed by atoms with Crippen molar-refractivity contribution in [1.29, 1.82) is 0 Å². The van der Waals surface area contributed by atoms with E-state index in [1.807, 2.05) is 0 Å². The van der Waals surface area contributed by atoms with Crippen molar-refractivity contribution in [3.63, 3.8) is 0 Å². The minimum Gasteiger partial charge on any atom is -0.753 e. The standard InChI is InChI=1S/2C26H24P2.CNS.Au/c2*1-5-13-23(14-6-1)27(24-15-7-2-8-16-24)21-22-28(25-17-9-3-10-18-25)26-19-11-4-12-20-26;2-1-3;/h2*1-20H,21-22H2;;/q;;-1;+1. The van der Waals surface area contributed by atoms with Crippen LogP contribution in [0.1, 0.15) is 0 Å². The van der Waals surface area contributed by atoms with E-state index in [1.54, 1.807) is 0 Å². The van der Waals surface area contributed by atoms with Crippen molar-refractivity contribution in [3.05, 3.63) is 248 Å². The molecule has 0 saturated heterocycles. The Kier molecular flexibility index (Phi) is 21.2. The number of isothiocyanates is 1. The largest absolute Gasteiger partial charge is 1.00 e. The van der Waals surface area contributed by atoms with Crippen molar-refractivity contribution >= 4 is 91.5 Å². The van der Waals surface area contributed by atoms with Gasteiger partial charge in [-0.2, -0.15) is 5.16 Å². The molecule has 8 aromatic carbocycles. The quantitative estimate of drug-likeness (QED) is 0.0460. The van der Waals surface area contributed by atoms with Crippen molar-refractivity contribution in [2.75, 3.05) is 24.6 Å². The molecule has 0 atom stereocenters. The van der Waals surface area contributed by atoms with Gasteiger partial charge < -0.3 is 5.41 Å². The van der Waals surface area contributed by atoms with Crippen molar-refractivity contribution in [2.24, 2.45) is 0 Å². The molecule has 7 heteroatoms. The minimum atomic E-state index is -0.348. The van der Waals surface area contributed by atoms with Crippen LogP contribution in [0, 0.1) is 0 Å². The van der Waals surface area contributed by atoms with Gasteiger partial charge in [0.05, 0.1) is 0 Å². The number of hydrogen-bond acceptors (Lipinski definition) is 1. The van der Waals surface area contributed by atoms with Gasteiger partial charge in [0.2, 0.25) is 0 Å². The molecule has 0 N–H and O–H groups in total. The normalized spacial score (nSPS) is 10.5. The molecule has 0 amide bonds. The van der Waals surface area contributed by atoms with Gasteiger partial charge in [0.15, 0.2) is 0 Å². The van der Waals surface area contributed by atoms with Gasteiger partial charge in [0.1, 0.15) is 0 Å². The second kappa shape index (κ2) is 27.1. The maximum atomic E-state index is 7.13. The first kappa shape index (κ1) is 47.1. The van der Waals surface area contributed by atoms with E-state index in [4.69, 9.17) is 5.41 Å². The summed E-state index contributed by atoms with van der Waals surface area (Å²) in [5, 5.41) is 20.2. The molecule has 0 fully saturated rings. The predicted octanol–water partition coefficient (Wildman–Crippen LogP) is 11.2. The van der Waals surface area contributed by atoms with Gasteiger partial charge in [0.25, 0.3) is 0 Å². The molecule has 1 nitrogen and oxygen atoms in total. The Labute approximate surface area is 383 Å². The second-order valence-electron chi connectivity index (χ2n) is 13.4. The summed E-state index contributed by atoms with van der Waals surface area (Å²) in [7, 11) is -1.39. The Morgan fingerprint density at radius 2 is 0.367 bits per heavy atom. The van der Waals surface area contributed by atoms with Gasteiger partial charge in [-0.3, -0.25) is 0 Å². The van der Waals surface area contributed by atoms with Gasteiger partial charge in [0, 0.05) is 0 Å². The van der Waals surface area contributed by atoms with Crippen LogP contribution in [0.2, 0.25) is 0 Å². The summed E-state index contributed by atoms with van der Waals surface area (Å²) < 4.78 is 0. The van der Waals surface area contributed by atoms with Crippen molar-refractivity contribution < 1.29 is 22.4 Å². The van der Waals surface area contributed by atoms with Crippen LogP contribution in [0.5, 0.6) is 0 Å². The summed E-state index contributed by atoms with van der Waals surface area (Å²) in [6.07, 6.45) is 4.83. The molecule has 0 unspecified atom stereocenters. The summed E-state index contributed by atoms with van der Waals surface area (Å²) in [6, 6.07) is 88.4. The molecule has 0 aliphatic heterocycles. The van der Waals surface area contributed by atoms with Gasteiger partial charge in [-0.1, -0.05) is 255 Å². The van der Waals surface area contributed by atoms with Crippen LogP contribution in [0.25, 0.3) is 5.41 Å². The van der Waals surface area contributed by atoms with E-state index in [0.29, 0.717) is 0 Å². The number of hydrogen-bond donors (Lipinski definition) is 0. The minimum absolute atomic E-state index is 0. The molecule has 0 bridgehead atoms. The average molecular weight is 1050 g/mol. The van der Waals surface area contributed by atoms with E-state index < -0.39 is 0 Å². The zero-order valence-electron chi connectivity index (χ0n) is 33.4. The van der Waals surface area contributed by atoms with Gasteiger partial charge in [-0.25, -0.2) is 0 Å². The fourth-order valence-corrected chi connectivity index (χ4v) is 17.6. The van der Waals surface area contributed by atoms with E-state index in [-0.39, 0.29) is 54.1 Å². The molecule has 0 aromatic heterocycles. The van der Waals surface area contributed by atoms with Crippen molar-refractivity contribution in [3.8, 4) is 0 Å². The molecule has 0 aliphatic carbocycles. The van der Waals surface area contributed by atoms with Crippen LogP contribution in [0.3, 0.4) is 0 Å². The van der Waals surface area contributed by atoms with Crippen LogP contribution in [-0.4, -0.2) is 29.8 Å². The van der Waals surface area contributed by atoms with E-state index in [1.165, 1.54) is 72.2 Å². The second-order valence-corrected chi connectivity index (χ2v) is 22.9. The van der Waals surface area contributed by atoms with E-state index in [9.17, 15) is 0 Å². The Bertz CT molecular complexity index is 1870. The van der Waals surface area contributed by atoms with Crippen molar-refractivity contribution in [2.45, 2.75) is 0 Å². The van der Waals surface area contributed by atoms with Crippen LogP contribution in [-0.2, 0) is 22.4 Å². The topological polar surface area (TPSA) is 22.3 Å². The van der Waals surface area contributed by atoms with Crippen molar-refractivity contribution in [1.82, 2.24) is 0 Å². The number of rotatable bonds is 14. The SMILES string of the molecule is [Au+].[N-]=C=S.c1ccc(P(CCP(c2ccccc2)c2ccccc2)c2ccccc2)cc1.c1ccc(P(CCP(c2ccccc2)c2ccccc2)c2ccccc2)cc1. The summed E-state index contributed by atoms with van der Waals surface area (Å²) in [4.78, 5) is 0. The zero-order chi connectivity index (χ0) is 40.7. The number of benzene rings is 8. The third kappa shape index (κ3) is 14.6. The first-order valence-corrected chi connectivity index (χ1v) is 26.3. The molecule has 0 heterocycles. The Morgan fingerprint density at radius 1 is 0.267 bits per heavy atom. The molecular weight excluding hydrogens is 1000 g/mol. The summed E-state index contributed by atoms with van der Waals surface area (Å²) >= 11 is 3.70. The molecule has 0 aliphatic rings. The average Bonchev–Trinajstić information content (AvgIpc) is 3.32. The van der Waals surface area contributed by atoms with E-state index >= 15 is 0 Å². The Balaban J connectivity index is 0.000000210.